The average molecular weight is 930 g/mol. The summed E-state index contributed by atoms with van der Waals surface area (Å²) in [5, 5.41) is 0. The first-order valence-corrected chi connectivity index (χ1v) is 19.8. The van der Waals surface area contributed by atoms with Crippen molar-refractivity contribution < 1.29 is 0 Å². The molecule has 0 atom stereocenters. The van der Waals surface area contributed by atoms with Gasteiger partial charge in [0.25, 0.3) is 0 Å². The number of halogens is 4. The summed E-state index contributed by atoms with van der Waals surface area (Å²) in [6.45, 7) is 0. The van der Waals surface area contributed by atoms with Crippen molar-refractivity contribution in [3.8, 4) is 44.5 Å². The lowest BCUT2D eigenvalue weighted by Crippen LogP contribution is -1.90. The Balaban J connectivity index is 1.56. The van der Waals surface area contributed by atoms with Crippen LogP contribution >= 0.6 is 63.7 Å². The van der Waals surface area contributed by atoms with E-state index in [0.29, 0.717) is 0 Å². The van der Waals surface area contributed by atoms with Crippen LogP contribution in [-0.2, 0) is 0 Å². The van der Waals surface area contributed by atoms with Gasteiger partial charge in [0.15, 0.2) is 0 Å². The van der Waals surface area contributed by atoms with Gasteiger partial charge in [-0.2, -0.15) is 0 Å². The van der Waals surface area contributed by atoms with Crippen molar-refractivity contribution in [2.24, 2.45) is 0 Å². The summed E-state index contributed by atoms with van der Waals surface area (Å²) in [6, 6.07) is 46.0. The van der Waals surface area contributed by atoms with Crippen molar-refractivity contribution in [1.29, 1.82) is 0 Å². The molecular weight excluding hydrogens is 904 g/mol. The van der Waals surface area contributed by atoms with Gasteiger partial charge in [-0.3, -0.25) is 0 Å². The van der Waals surface area contributed by atoms with Crippen LogP contribution in [-0.4, -0.2) is 19.9 Å². The molecule has 5 heterocycles. The summed E-state index contributed by atoms with van der Waals surface area (Å²) in [5.74, 6) is 0. The molecule has 4 nitrogen and oxygen atoms in total. The number of aromatic amines is 2. The predicted octanol–water partition coefficient (Wildman–Crippen LogP) is 14.3. The minimum Gasteiger partial charge on any atom is -0.353 e. The van der Waals surface area contributed by atoms with Gasteiger partial charge in [0, 0.05) is 51.2 Å². The molecule has 3 aromatic heterocycles. The van der Waals surface area contributed by atoms with Crippen LogP contribution in [0.1, 0.15) is 22.8 Å². The van der Waals surface area contributed by atoms with E-state index in [0.717, 1.165) is 107 Å². The van der Waals surface area contributed by atoms with Crippen LogP contribution in [0, 0.1) is 0 Å². The molecule has 0 unspecified atom stereocenters. The van der Waals surface area contributed by atoms with Crippen LogP contribution < -0.4 is 0 Å². The maximum Gasteiger partial charge on any atom is 0.0879 e. The van der Waals surface area contributed by atoms with E-state index < -0.39 is 0 Å². The van der Waals surface area contributed by atoms with Gasteiger partial charge >= 0.3 is 0 Å². The smallest absolute Gasteiger partial charge is 0.0879 e. The van der Waals surface area contributed by atoms with Crippen LogP contribution in [0.15, 0.2) is 142 Å². The fourth-order valence-electron chi connectivity index (χ4n) is 6.99. The topological polar surface area (TPSA) is 57.4 Å². The van der Waals surface area contributed by atoms with Gasteiger partial charge in [-0.25, -0.2) is 9.97 Å². The molecule has 9 rings (SSSR count). The quantitative estimate of drug-likeness (QED) is 0.185. The number of aromatic nitrogens is 4. The summed E-state index contributed by atoms with van der Waals surface area (Å²) < 4.78 is 3.63. The molecule has 2 N–H and O–H groups in total. The zero-order valence-corrected chi connectivity index (χ0v) is 33.6. The van der Waals surface area contributed by atoms with Crippen molar-refractivity contribution in [3.05, 3.63) is 165 Å². The highest BCUT2D eigenvalue weighted by Crippen LogP contribution is 2.45. The maximum atomic E-state index is 5.44. The monoisotopic (exact) mass is 926 g/mol. The Kier molecular flexibility index (Phi) is 8.79. The van der Waals surface area contributed by atoms with Gasteiger partial charge in [0.1, 0.15) is 0 Å². The second kappa shape index (κ2) is 13.7. The van der Waals surface area contributed by atoms with E-state index in [4.69, 9.17) is 9.97 Å². The van der Waals surface area contributed by atoms with Crippen LogP contribution in [0.4, 0.5) is 0 Å². The molecule has 0 saturated heterocycles. The lowest BCUT2D eigenvalue weighted by Gasteiger charge is -2.07. The van der Waals surface area contributed by atoms with Crippen molar-refractivity contribution in [1.82, 2.24) is 19.9 Å². The first-order chi connectivity index (χ1) is 25.4. The number of nitrogens with one attached hydrogen (secondary N) is 2. The lowest BCUT2D eigenvalue weighted by atomic mass is 10.0. The van der Waals surface area contributed by atoms with E-state index in [1.165, 1.54) is 0 Å². The van der Waals surface area contributed by atoms with E-state index in [2.05, 4.69) is 195 Å². The van der Waals surface area contributed by atoms with Crippen LogP contribution in [0.25, 0.3) is 87.7 Å². The van der Waals surface area contributed by atoms with E-state index in [-0.39, 0.29) is 0 Å². The SMILES string of the molecule is BrC1=Cc2nc1c(-c1ccccc1)c1cc(Br)c([nH]1)c(-c1ccccc1)c1nc(c(-c3ccccc3)c3cc(Br)c([nH]3)c2-c2ccccc2)C(Br)=C1. The first-order valence-electron chi connectivity index (χ1n) is 16.6. The van der Waals surface area contributed by atoms with Gasteiger partial charge < -0.3 is 9.97 Å². The van der Waals surface area contributed by atoms with Crippen molar-refractivity contribution in [2.45, 2.75) is 0 Å². The molecule has 8 heteroatoms. The molecule has 0 saturated carbocycles. The summed E-state index contributed by atoms with van der Waals surface area (Å²) in [4.78, 5) is 18.6. The largest absolute Gasteiger partial charge is 0.353 e. The number of fused-ring (bicyclic) bond motifs is 8. The van der Waals surface area contributed by atoms with Crippen molar-refractivity contribution in [3.63, 3.8) is 0 Å². The van der Waals surface area contributed by atoms with E-state index in [9.17, 15) is 0 Å². The van der Waals surface area contributed by atoms with Crippen molar-refractivity contribution in [2.75, 3.05) is 0 Å². The zero-order chi connectivity index (χ0) is 35.3. The maximum absolute atomic E-state index is 5.44. The number of nitrogens with zero attached hydrogens (tertiary/aromatic N) is 2. The molecular formula is C44H26Br4N4. The Morgan fingerprint density at radius 3 is 1.02 bits per heavy atom. The highest BCUT2D eigenvalue weighted by Gasteiger charge is 2.24. The number of H-pyrrole nitrogens is 2. The van der Waals surface area contributed by atoms with Crippen LogP contribution in [0.2, 0.25) is 0 Å². The Morgan fingerprint density at radius 1 is 0.385 bits per heavy atom. The molecule has 0 amide bonds. The second-order valence-electron chi connectivity index (χ2n) is 12.5. The van der Waals surface area contributed by atoms with E-state index >= 15 is 0 Å². The van der Waals surface area contributed by atoms with Crippen molar-refractivity contribution >= 4 is 107 Å². The molecule has 4 aromatic carbocycles. The number of hydrogen-bond donors (Lipinski definition) is 2. The molecule has 250 valence electrons. The highest BCUT2D eigenvalue weighted by molar-refractivity contribution is 9.15. The molecule has 2 aliphatic heterocycles. The second-order valence-corrected chi connectivity index (χ2v) is 15.9. The molecule has 0 spiro atoms. The molecule has 0 radical (unpaired) electrons. The fourth-order valence-corrected chi connectivity index (χ4v) is 9.05. The lowest BCUT2D eigenvalue weighted by molar-refractivity contribution is 1.31. The van der Waals surface area contributed by atoms with Gasteiger partial charge in [-0.05, 0) is 110 Å². The normalized spacial score (nSPS) is 12.5. The third-order valence-corrected chi connectivity index (χ3v) is 11.7. The minimum absolute atomic E-state index is 0.833. The minimum atomic E-state index is 0.833. The number of hydrogen-bond acceptors (Lipinski definition) is 2. The summed E-state index contributed by atoms with van der Waals surface area (Å²) in [5.41, 5.74) is 15.1. The molecule has 0 fully saturated rings. The van der Waals surface area contributed by atoms with E-state index in [1.54, 1.807) is 0 Å². The molecule has 0 aliphatic carbocycles. The Morgan fingerprint density at radius 2 is 0.692 bits per heavy atom. The summed E-state index contributed by atoms with van der Waals surface area (Å²) in [6.07, 6.45) is 4.24. The van der Waals surface area contributed by atoms with Gasteiger partial charge in [-0.1, -0.05) is 121 Å². The molecule has 7 aromatic rings. The summed E-state index contributed by atoms with van der Waals surface area (Å²) in [7, 11) is 0. The highest BCUT2D eigenvalue weighted by atomic mass is 79.9. The van der Waals surface area contributed by atoms with Crippen LogP contribution in [0.5, 0.6) is 0 Å². The average Bonchev–Trinajstić information content (AvgIpc) is 3.94. The standard InChI is InChI=1S/C44H26Br4N4/c45-29-22-34-38(26-15-7-2-8-16-26)43-31(47)24-36(52-43)40(28-19-11-4-12-20-28)44-32(48)23-35(51-44)39(27-17-9-3-10-18-27)42-30(46)21-33(49-42)37(41(29)50-34)25-13-5-1-6-14-25/h1-24,49,52H. The van der Waals surface area contributed by atoms with Gasteiger partial charge in [-0.15, -0.1) is 0 Å². The third-order valence-electron chi connectivity index (χ3n) is 9.26. The Labute approximate surface area is 334 Å². The molecule has 2 aliphatic rings. The zero-order valence-electron chi connectivity index (χ0n) is 27.3. The van der Waals surface area contributed by atoms with E-state index in [1.807, 2.05) is 24.3 Å². The number of benzene rings is 4. The Hall–Kier alpha value is -4.60. The number of rotatable bonds is 4. The van der Waals surface area contributed by atoms with Crippen LogP contribution in [0.3, 0.4) is 0 Å². The third kappa shape index (κ3) is 5.88. The summed E-state index contributed by atoms with van der Waals surface area (Å²) >= 11 is 15.9. The van der Waals surface area contributed by atoms with Gasteiger partial charge in [0.05, 0.1) is 33.8 Å². The fraction of sp³-hybridized carbons (Fsp3) is 0. The molecule has 52 heavy (non-hydrogen) atoms. The first kappa shape index (κ1) is 33.3. The van der Waals surface area contributed by atoms with Gasteiger partial charge in [0.2, 0.25) is 0 Å². The molecule has 8 bridgehead atoms. The Bertz CT molecular complexity index is 2560. The predicted molar refractivity (Wildman–Crippen MR) is 232 cm³/mol.